The summed E-state index contributed by atoms with van der Waals surface area (Å²) in [6.07, 6.45) is 0.171. The number of carbonyl (C=O) groups is 3. The molecule has 3 amide bonds. The molecule has 156 valence electrons. The van der Waals surface area contributed by atoms with Crippen molar-refractivity contribution < 1.29 is 23.2 Å². The molecule has 1 saturated heterocycles. The fraction of sp³-hybridized carbons (Fsp3) is 0.333. The van der Waals surface area contributed by atoms with Crippen LogP contribution in [0.5, 0.6) is 0 Å². The zero-order valence-electron chi connectivity index (χ0n) is 15.8. The Balaban J connectivity index is 1.47. The van der Waals surface area contributed by atoms with Gasteiger partial charge in [-0.25, -0.2) is 13.6 Å². The first-order valence-electron chi connectivity index (χ1n) is 9.47. The number of Topliss-reactive ketones (excluding diaryl/α,β-unsaturated/α-hetero) is 1. The third-order valence-corrected chi connectivity index (χ3v) is 6.31. The number of hydrogen-bond donors (Lipinski definition) is 1. The van der Waals surface area contributed by atoms with Gasteiger partial charge in [0.25, 0.3) is 5.91 Å². The Morgan fingerprint density at radius 3 is 2.43 bits per heavy atom. The van der Waals surface area contributed by atoms with Crippen molar-refractivity contribution in [2.45, 2.75) is 37.1 Å². The van der Waals surface area contributed by atoms with Gasteiger partial charge in [-0.05, 0) is 31.0 Å². The minimum Gasteiger partial charge on any atom is -0.323 e. The van der Waals surface area contributed by atoms with Crippen LogP contribution in [0, 0.1) is 0 Å². The molecular formula is C21H18BrF2N3O3. The lowest BCUT2D eigenvalue weighted by molar-refractivity contribution is -0.135. The summed E-state index contributed by atoms with van der Waals surface area (Å²) in [5.74, 6) is -3.90. The van der Waals surface area contributed by atoms with E-state index >= 15 is 0 Å². The number of ketones is 1. The van der Waals surface area contributed by atoms with Crippen molar-refractivity contribution in [3.8, 4) is 11.3 Å². The number of carbonyl (C=O) groups excluding carboxylic acids is 3. The van der Waals surface area contributed by atoms with Gasteiger partial charge in [-0.15, -0.1) is 0 Å². The minimum atomic E-state index is -2.83. The Morgan fingerprint density at radius 1 is 1.10 bits per heavy atom. The van der Waals surface area contributed by atoms with Crippen LogP contribution in [0.15, 0.2) is 47.1 Å². The first-order chi connectivity index (χ1) is 14.2. The maximum atomic E-state index is 13.5. The number of nitrogens with zero attached hydrogens (tertiary/aromatic N) is 2. The number of benzene rings is 1. The van der Waals surface area contributed by atoms with Crippen LogP contribution in [0.25, 0.3) is 11.3 Å². The average Bonchev–Trinajstić information content (AvgIpc) is 2.95. The average molecular weight is 478 g/mol. The van der Waals surface area contributed by atoms with Gasteiger partial charge in [0, 0.05) is 34.6 Å². The van der Waals surface area contributed by atoms with E-state index in [0.717, 1.165) is 14.9 Å². The Bertz CT molecular complexity index is 1020. The number of aromatic nitrogens is 1. The van der Waals surface area contributed by atoms with Gasteiger partial charge in [0.2, 0.25) is 5.92 Å². The van der Waals surface area contributed by atoms with E-state index in [1.807, 2.05) is 24.3 Å². The van der Waals surface area contributed by atoms with Crippen molar-refractivity contribution in [3.05, 3.63) is 52.6 Å². The molecule has 1 saturated carbocycles. The van der Waals surface area contributed by atoms with Crippen LogP contribution >= 0.6 is 15.9 Å². The summed E-state index contributed by atoms with van der Waals surface area (Å²) in [5, 5.41) is 2.53. The van der Waals surface area contributed by atoms with Crippen LogP contribution in [0.1, 0.15) is 36.0 Å². The third-order valence-electron chi connectivity index (χ3n) is 5.62. The Hall–Kier alpha value is -2.68. The normalized spacial score (nSPS) is 19.8. The van der Waals surface area contributed by atoms with E-state index in [4.69, 9.17) is 0 Å². The molecule has 1 aliphatic carbocycles. The lowest BCUT2D eigenvalue weighted by Crippen LogP contribution is -2.51. The molecule has 1 aromatic carbocycles. The van der Waals surface area contributed by atoms with Crippen molar-refractivity contribution in [1.82, 2.24) is 15.2 Å². The fourth-order valence-electron chi connectivity index (χ4n) is 3.82. The Morgan fingerprint density at radius 2 is 1.80 bits per heavy atom. The van der Waals surface area contributed by atoms with Crippen molar-refractivity contribution in [2.24, 2.45) is 0 Å². The van der Waals surface area contributed by atoms with Gasteiger partial charge in [-0.2, -0.15) is 0 Å². The molecule has 0 unspecified atom stereocenters. The second kappa shape index (κ2) is 7.54. The smallest absolute Gasteiger partial charge is 0.323 e. The molecule has 0 bridgehead atoms. The van der Waals surface area contributed by atoms with Gasteiger partial charge in [-0.1, -0.05) is 34.1 Å². The molecule has 30 heavy (non-hydrogen) atoms. The molecule has 1 aliphatic heterocycles. The largest absolute Gasteiger partial charge is 0.325 e. The molecule has 4 rings (SSSR count). The maximum absolute atomic E-state index is 13.5. The molecule has 2 heterocycles. The topological polar surface area (TPSA) is 79.4 Å². The van der Waals surface area contributed by atoms with Crippen LogP contribution in [0.4, 0.5) is 13.6 Å². The summed E-state index contributed by atoms with van der Waals surface area (Å²) in [6.45, 7) is -0.459. The summed E-state index contributed by atoms with van der Waals surface area (Å²) >= 11 is 3.45. The number of amides is 3. The molecule has 1 N–H and O–H groups in total. The van der Waals surface area contributed by atoms with Gasteiger partial charge in [0.1, 0.15) is 5.54 Å². The van der Waals surface area contributed by atoms with Crippen LogP contribution < -0.4 is 5.32 Å². The van der Waals surface area contributed by atoms with E-state index in [-0.39, 0.29) is 18.4 Å². The second-order valence-electron chi connectivity index (χ2n) is 7.59. The molecule has 9 heteroatoms. The summed E-state index contributed by atoms with van der Waals surface area (Å²) in [4.78, 5) is 42.8. The van der Waals surface area contributed by atoms with E-state index in [0.29, 0.717) is 5.69 Å². The maximum Gasteiger partial charge on any atom is 0.325 e. The molecule has 0 radical (unpaired) electrons. The third kappa shape index (κ3) is 3.74. The number of alkyl halides is 2. The molecule has 2 fully saturated rings. The predicted molar refractivity (Wildman–Crippen MR) is 108 cm³/mol. The highest BCUT2D eigenvalue weighted by molar-refractivity contribution is 9.10. The number of nitrogens with one attached hydrogen (secondary N) is 1. The Kier molecular flexibility index (Phi) is 5.17. The number of imide groups is 1. The lowest BCUT2D eigenvalue weighted by Gasteiger charge is -2.34. The molecule has 0 atom stereocenters. The lowest BCUT2D eigenvalue weighted by atomic mass is 9.80. The van der Waals surface area contributed by atoms with Gasteiger partial charge < -0.3 is 5.32 Å². The SMILES string of the molecule is O=C(CN1C(=O)NC2(CCC(F)(F)CC2)C1=O)c1ccc(-c2ccccc2Br)nc1. The first kappa shape index (κ1) is 20.6. The van der Waals surface area contributed by atoms with Crippen LogP contribution in [-0.2, 0) is 4.79 Å². The van der Waals surface area contributed by atoms with Crippen LogP contribution in [0.2, 0.25) is 0 Å². The van der Waals surface area contributed by atoms with E-state index in [2.05, 4.69) is 26.2 Å². The van der Waals surface area contributed by atoms with Crippen LogP contribution in [0.3, 0.4) is 0 Å². The summed E-state index contributed by atoms with van der Waals surface area (Å²) in [7, 11) is 0. The van der Waals surface area contributed by atoms with E-state index in [1.165, 1.54) is 6.20 Å². The van der Waals surface area contributed by atoms with Gasteiger partial charge in [-0.3, -0.25) is 19.5 Å². The summed E-state index contributed by atoms with van der Waals surface area (Å²) < 4.78 is 27.8. The van der Waals surface area contributed by atoms with Gasteiger partial charge in [0.15, 0.2) is 5.78 Å². The van der Waals surface area contributed by atoms with Gasteiger partial charge >= 0.3 is 6.03 Å². The standard InChI is InChI=1S/C21H18BrF2N3O3/c22-15-4-2-1-3-14(15)16-6-5-13(11-25-16)17(28)12-27-18(29)20(26-19(27)30)7-9-21(23,24)10-8-20/h1-6,11H,7-10,12H2,(H,26,30). The predicted octanol–water partition coefficient (Wildman–Crippen LogP) is 4.19. The molecular weight excluding hydrogens is 460 g/mol. The first-order valence-corrected chi connectivity index (χ1v) is 10.3. The molecule has 6 nitrogen and oxygen atoms in total. The minimum absolute atomic E-state index is 0.141. The number of hydrogen-bond acceptors (Lipinski definition) is 4. The van der Waals surface area contributed by atoms with E-state index in [9.17, 15) is 23.2 Å². The van der Waals surface area contributed by atoms with E-state index in [1.54, 1.807) is 12.1 Å². The van der Waals surface area contributed by atoms with Crippen molar-refractivity contribution >= 4 is 33.7 Å². The quantitative estimate of drug-likeness (QED) is 0.528. The number of pyridine rings is 1. The van der Waals surface area contributed by atoms with Crippen molar-refractivity contribution in [1.29, 1.82) is 0 Å². The van der Waals surface area contributed by atoms with Crippen LogP contribution in [-0.4, -0.2) is 45.6 Å². The highest BCUT2D eigenvalue weighted by Crippen LogP contribution is 2.41. The molecule has 1 spiro atoms. The molecule has 2 aromatic rings. The monoisotopic (exact) mass is 477 g/mol. The van der Waals surface area contributed by atoms with E-state index < -0.39 is 48.6 Å². The second-order valence-corrected chi connectivity index (χ2v) is 8.45. The van der Waals surface area contributed by atoms with Crippen molar-refractivity contribution in [2.75, 3.05) is 6.54 Å². The zero-order chi connectivity index (χ0) is 21.5. The Labute approximate surface area is 179 Å². The summed E-state index contributed by atoms with van der Waals surface area (Å²) in [5.41, 5.74) is 0.445. The fourth-order valence-corrected chi connectivity index (χ4v) is 4.31. The van der Waals surface area contributed by atoms with Gasteiger partial charge in [0.05, 0.1) is 12.2 Å². The number of rotatable bonds is 4. The highest BCUT2D eigenvalue weighted by atomic mass is 79.9. The number of halogens is 3. The highest BCUT2D eigenvalue weighted by Gasteiger charge is 2.55. The zero-order valence-corrected chi connectivity index (χ0v) is 17.4. The summed E-state index contributed by atoms with van der Waals surface area (Å²) in [6, 6.07) is 10.1. The molecule has 2 aliphatic rings. The van der Waals surface area contributed by atoms with Crippen molar-refractivity contribution in [3.63, 3.8) is 0 Å². The molecule has 1 aromatic heterocycles. The number of urea groups is 1.